The standard InChI is InChI=1S/C18H24N4OS/c1-3-16-20-14(12-24-16)11-19-18(23)21-15-9-10-22(2)17(15)13-7-5-4-6-8-13/h4-8,12,15,17H,3,9-11H2,1-2H3,(H2,19,21,23). The van der Waals surface area contributed by atoms with Gasteiger partial charge in [-0.2, -0.15) is 0 Å². The molecule has 1 saturated heterocycles. The molecule has 0 radical (unpaired) electrons. The molecule has 5 nitrogen and oxygen atoms in total. The van der Waals surface area contributed by atoms with Crippen LogP contribution in [0.1, 0.15) is 35.7 Å². The van der Waals surface area contributed by atoms with Gasteiger partial charge in [-0.3, -0.25) is 4.90 Å². The van der Waals surface area contributed by atoms with E-state index in [-0.39, 0.29) is 18.1 Å². The number of benzene rings is 1. The molecule has 0 spiro atoms. The fraction of sp³-hybridized carbons (Fsp3) is 0.444. The molecule has 2 unspecified atom stereocenters. The highest BCUT2D eigenvalue weighted by Crippen LogP contribution is 2.30. The Morgan fingerprint density at radius 1 is 1.38 bits per heavy atom. The van der Waals surface area contributed by atoms with Gasteiger partial charge in [0.2, 0.25) is 0 Å². The summed E-state index contributed by atoms with van der Waals surface area (Å²) in [5.74, 6) is 0. The molecule has 2 heterocycles. The molecule has 0 aliphatic carbocycles. The first-order valence-corrected chi connectivity index (χ1v) is 9.28. The first kappa shape index (κ1) is 16.9. The van der Waals surface area contributed by atoms with Crippen LogP contribution in [0, 0.1) is 0 Å². The predicted octanol–water partition coefficient (Wildman–Crippen LogP) is 2.95. The third kappa shape index (κ3) is 3.94. The number of nitrogens with zero attached hydrogens (tertiary/aromatic N) is 2. The Labute approximate surface area is 147 Å². The highest BCUT2D eigenvalue weighted by molar-refractivity contribution is 7.09. The number of urea groups is 1. The molecule has 2 aromatic rings. The molecule has 1 aliphatic heterocycles. The van der Waals surface area contributed by atoms with Crippen molar-refractivity contribution in [2.24, 2.45) is 0 Å². The summed E-state index contributed by atoms with van der Waals surface area (Å²) in [5.41, 5.74) is 2.17. The van der Waals surface area contributed by atoms with Crippen LogP contribution in [0.25, 0.3) is 0 Å². The Morgan fingerprint density at radius 2 is 2.17 bits per heavy atom. The minimum Gasteiger partial charge on any atom is -0.333 e. The van der Waals surface area contributed by atoms with Crippen molar-refractivity contribution in [3.63, 3.8) is 0 Å². The predicted molar refractivity (Wildman–Crippen MR) is 97.1 cm³/mol. The molecule has 0 bridgehead atoms. The van der Waals surface area contributed by atoms with Gasteiger partial charge in [0.05, 0.1) is 29.3 Å². The van der Waals surface area contributed by atoms with Gasteiger partial charge in [-0.25, -0.2) is 9.78 Å². The summed E-state index contributed by atoms with van der Waals surface area (Å²) >= 11 is 1.64. The van der Waals surface area contributed by atoms with E-state index in [0.29, 0.717) is 6.54 Å². The zero-order chi connectivity index (χ0) is 16.9. The van der Waals surface area contributed by atoms with Crippen LogP contribution < -0.4 is 10.6 Å². The molecule has 1 aliphatic rings. The Balaban J connectivity index is 1.57. The van der Waals surface area contributed by atoms with Crippen molar-refractivity contribution in [1.29, 1.82) is 0 Å². The van der Waals surface area contributed by atoms with Crippen LogP contribution in [-0.2, 0) is 13.0 Å². The number of nitrogens with one attached hydrogen (secondary N) is 2. The maximum atomic E-state index is 12.3. The number of thiazole rings is 1. The summed E-state index contributed by atoms with van der Waals surface area (Å²) in [6.07, 6.45) is 1.89. The summed E-state index contributed by atoms with van der Waals surface area (Å²) in [5, 5.41) is 9.17. The Hall–Kier alpha value is -1.92. The van der Waals surface area contributed by atoms with Crippen molar-refractivity contribution in [3.05, 3.63) is 52.0 Å². The SMILES string of the molecule is CCc1nc(CNC(=O)NC2CCN(C)C2c2ccccc2)cs1. The fourth-order valence-corrected chi connectivity index (χ4v) is 3.96. The maximum Gasteiger partial charge on any atom is 0.315 e. The smallest absolute Gasteiger partial charge is 0.315 e. The molecule has 0 saturated carbocycles. The minimum atomic E-state index is -0.123. The number of aromatic nitrogens is 1. The number of hydrogen-bond acceptors (Lipinski definition) is 4. The molecular formula is C18H24N4OS. The molecule has 24 heavy (non-hydrogen) atoms. The van der Waals surface area contributed by atoms with Gasteiger partial charge in [0.1, 0.15) is 0 Å². The van der Waals surface area contributed by atoms with Gasteiger partial charge in [-0.15, -0.1) is 11.3 Å². The van der Waals surface area contributed by atoms with E-state index < -0.39 is 0 Å². The lowest BCUT2D eigenvalue weighted by molar-refractivity contribution is 0.229. The van der Waals surface area contributed by atoms with Crippen LogP contribution in [0.4, 0.5) is 4.79 Å². The minimum absolute atomic E-state index is 0.123. The molecule has 1 aromatic carbocycles. The van der Waals surface area contributed by atoms with Crippen LogP contribution in [0.3, 0.4) is 0 Å². The lowest BCUT2D eigenvalue weighted by atomic mass is 10.0. The van der Waals surface area contributed by atoms with E-state index in [1.165, 1.54) is 5.56 Å². The number of likely N-dealkylation sites (tertiary alicyclic amines) is 1. The van der Waals surface area contributed by atoms with Crippen molar-refractivity contribution >= 4 is 17.4 Å². The molecule has 2 N–H and O–H groups in total. The average Bonchev–Trinajstić information content (AvgIpc) is 3.20. The molecule has 3 rings (SSSR count). The van der Waals surface area contributed by atoms with Crippen LogP contribution in [0.5, 0.6) is 0 Å². The third-order valence-corrected chi connectivity index (χ3v) is 5.48. The van der Waals surface area contributed by atoms with E-state index in [4.69, 9.17) is 0 Å². The summed E-state index contributed by atoms with van der Waals surface area (Å²) in [6, 6.07) is 10.6. The van der Waals surface area contributed by atoms with Crippen molar-refractivity contribution < 1.29 is 4.79 Å². The third-order valence-electron chi connectivity index (χ3n) is 4.44. The molecule has 128 valence electrons. The number of hydrogen-bond donors (Lipinski definition) is 2. The lowest BCUT2D eigenvalue weighted by Crippen LogP contribution is -2.44. The topological polar surface area (TPSA) is 57.3 Å². The molecule has 2 atom stereocenters. The second-order valence-electron chi connectivity index (χ2n) is 6.14. The van der Waals surface area contributed by atoms with Crippen molar-refractivity contribution in [1.82, 2.24) is 20.5 Å². The van der Waals surface area contributed by atoms with E-state index in [1.54, 1.807) is 11.3 Å². The Kier molecular flexibility index (Phi) is 5.48. The quantitative estimate of drug-likeness (QED) is 0.877. The van der Waals surface area contributed by atoms with Gasteiger partial charge in [0.15, 0.2) is 0 Å². The monoisotopic (exact) mass is 344 g/mol. The second kappa shape index (κ2) is 7.77. The summed E-state index contributed by atoms with van der Waals surface area (Å²) < 4.78 is 0. The van der Waals surface area contributed by atoms with Crippen LogP contribution in [-0.4, -0.2) is 35.5 Å². The van der Waals surface area contributed by atoms with E-state index in [9.17, 15) is 4.79 Å². The van der Waals surface area contributed by atoms with E-state index in [2.05, 4.69) is 46.6 Å². The van der Waals surface area contributed by atoms with Gasteiger partial charge >= 0.3 is 6.03 Å². The van der Waals surface area contributed by atoms with Gasteiger partial charge in [0.25, 0.3) is 0 Å². The fourth-order valence-electron chi connectivity index (χ4n) is 3.22. The van der Waals surface area contributed by atoms with Crippen molar-refractivity contribution in [2.45, 2.75) is 38.4 Å². The zero-order valence-electron chi connectivity index (χ0n) is 14.2. The zero-order valence-corrected chi connectivity index (χ0v) is 15.0. The maximum absolute atomic E-state index is 12.3. The van der Waals surface area contributed by atoms with Crippen LogP contribution >= 0.6 is 11.3 Å². The highest BCUT2D eigenvalue weighted by Gasteiger charge is 2.33. The first-order chi connectivity index (χ1) is 11.7. The molecule has 6 heteroatoms. The molecule has 2 amide bonds. The van der Waals surface area contributed by atoms with E-state index >= 15 is 0 Å². The lowest BCUT2D eigenvalue weighted by Gasteiger charge is -2.26. The Bertz CT molecular complexity index is 673. The van der Waals surface area contributed by atoms with E-state index in [1.807, 2.05) is 23.6 Å². The Morgan fingerprint density at radius 3 is 2.88 bits per heavy atom. The van der Waals surface area contributed by atoms with Gasteiger partial charge in [0, 0.05) is 11.9 Å². The van der Waals surface area contributed by atoms with E-state index in [0.717, 1.165) is 30.1 Å². The largest absolute Gasteiger partial charge is 0.333 e. The van der Waals surface area contributed by atoms with Crippen LogP contribution in [0.15, 0.2) is 35.7 Å². The number of carbonyl (C=O) groups excluding carboxylic acids is 1. The molecular weight excluding hydrogens is 320 g/mol. The van der Waals surface area contributed by atoms with Crippen molar-refractivity contribution in [2.75, 3.05) is 13.6 Å². The van der Waals surface area contributed by atoms with Crippen molar-refractivity contribution in [3.8, 4) is 0 Å². The number of aryl methyl sites for hydroxylation is 1. The number of rotatable bonds is 5. The summed E-state index contributed by atoms with van der Waals surface area (Å²) in [7, 11) is 2.11. The van der Waals surface area contributed by atoms with Crippen LogP contribution in [0.2, 0.25) is 0 Å². The second-order valence-corrected chi connectivity index (χ2v) is 7.09. The number of amides is 2. The number of likely N-dealkylation sites (N-methyl/N-ethyl adjacent to an activating group) is 1. The van der Waals surface area contributed by atoms with Gasteiger partial charge in [-0.1, -0.05) is 37.3 Å². The first-order valence-electron chi connectivity index (χ1n) is 8.40. The average molecular weight is 344 g/mol. The summed E-state index contributed by atoms with van der Waals surface area (Å²) in [6.45, 7) is 3.54. The summed E-state index contributed by atoms with van der Waals surface area (Å²) in [4.78, 5) is 19.0. The molecule has 1 aromatic heterocycles. The highest BCUT2D eigenvalue weighted by atomic mass is 32.1. The van der Waals surface area contributed by atoms with Gasteiger partial charge in [-0.05, 0) is 25.5 Å². The van der Waals surface area contributed by atoms with Gasteiger partial charge < -0.3 is 10.6 Å². The number of carbonyl (C=O) groups is 1. The molecule has 1 fully saturated rings. The normalized spacial score (nSPS) is 20.9.